The molecule has 0 unspecified atom stereocenters. The molecule has 132 valence electrons. The molecule has 1 fully saturated rings. The fraction of sp³-hybridized carbons (Fsp3) is 0.556. The molecule has 7 heteroatoms. The van der Waals surface area contributed by atoms with Crippen LogP contribution < -0.4 is 4.90 Å². The van der Waals surface area contributed by atoms with Crippen molar-refractivity contribution in [2.45, 2.75) is 38.6 Å². The fourth-order valence-electron chi connectivity index (χ4n) is 3.68. The van der Waals surface area contributed by atoms with Crippen LogP contribution in [-0.4, -0.2) is 57.0 Å². The largest absolute Gasteiger partial charge is 0.351 e. The number of amides is 1. The van der Waals surface area contributed by atoms with E-state index in [1.54, 1.807) is 4.68 Å². The average molecular weight is 340 g/mol. The van der Waals surface area contributed by atoms with Crippen molar-refractivity contribution in [2.75, 3.05) is 25.0 Å². The number of hydrogen-bond acceptors (Lipinski definition) is 5. The molecule has 1 aliphatic carbocycles. The van der Waals surface area contributed by atoms with Crippen LogP contribution in [0.5, 0.6) is 0 Å². The van der Waals surface area contributed by atoms with Crippen molar-refractivity contribution in [3.63, 3.8) is 0 Å². The van der Waals surface area contributed by atoms with Gasteiger partial charge in [-0.25, -0.2) is 0 Å². The predicted octanol–water partition coefficient (Wildman–Crippen LogP) is 1.36. The first-order valence-electron chi connectivity index (χ1n) is 8.91. The molecule has 2 aliphatic rings. The van der Waals surface area contributed by atoms with Crippen molar-refractivity contribution >= 4 is 11.7 Å². The van der Waals surface area contributed by atoms with Crippen molar-refractivity contribution in [2.24, 2.45) is 7.05 Å². The summed E-state index contributed by atoms with van der Waals surface area (Å²) in [4.78, 5) is 16.7. The molecule has 25 heavy (non-hydrogen) atoms. The zero-order chi connectivity index (χ0) is 17.6. The van der Waals surface area contributed by atoms with Crippen LogP contribution in [0.1, 0.15) is 40.3 Å². The van der Waals surface area contributed by atoms with Gasteiger partial charge < -0.3 is 9.80 Å². The van der Waals surface area contributed by atoms with E-state index in [-0.39, 0.29) is 11.9 Å². The topological polar surface area (TPSA) is 67.2 Å². The normalized spacial score (nSPS) is 17.2. The second kappa shape index (κ2) is 6.13. The molecule has 0 bridgehead atoms. The lowest BCUT2D eigenvalue weighted by atomic mass is 9.96. The van der Waals surface area contributed by atoms with Crippen LogP contribution in [-0.2, 0) is 19.9 Å². The number of hydrogen-bond donors (Lipinski definition) is 0. The Hall–Kier alpha value is -2.44. The monoisotopic (exact) mass is 340 g/mol. The van der Waals surface area contributed by atoms with E-state index in [9.17, 15) is 4.79 Å². The van der Waals surface area contributed by atoms with Gasteiger partial charge in [-0.3, -0.25) is 9.48 Å². The lowest BCUT2D eigenvalue weighted by Gasteiger charge is -2.44. The van der Waals surface area contributed by atoms with E-state index in [0.29, 0.717) is 5.69 Å². The van der Waals surface area contributed by atoms with E-state index in [1.165, 1.54) is 18.4 Å². The van der Waals surface area contributed by atoms with Gasteiger partial charge >= 0.3 is 0 Å². The highest BCUT2D eigenvalue weighted by atomic mass is 16.2. The van der Waals surface area contributed by atoms with Gasteiger partial charge in [0.2, 0.25) is 0 Å². The van der Waals surface area contributed by atoms with Crippen LogP contribution in [0, 0.1) is 6.92 Å². The summed E-state index contributed by atoms with van der Waals surface area (Å²) in [6.07, 6.45) is 4.61. The van der Waals surface area contributed by atoms with E-state index in [1.807, 2.05) is 32.0 Å². The third kappa shape index (κ3) is 2.88. The molecular weight excluding hydrogens is 316 g/mol. The summed E-state index contributed by atoms with van der Waals surface area (Å²) < 4.78 is 1.65. The fourth-order valence-corrected chi connectivity index (χ4v) is 3.68. The first kappa shape index (κ1) is 16.1. The van der Waals surface area contributed by atoms with E-state index in [4.69, 9.17) is 0 Å². The molecule has 7 nitrogen and oxygen atoms in total. The van der Waals surface area contributed by atoms with E-state index in [0.717, 1.165) is 43.1 Å². The molecule has 4 rings (SSSR count). The van der Waals surface area contributed by atoms with Crippen molar-refractivity contribution in [3.05, 3.63) is 34.8 Å². The Balaban J connectivity index is 1.41. The Kier molecular flexibility index (Phi) is 3.94. The quantitative estimate of drug-likeness (QED) is 0.844. The molecule has 0 atom stereocenters. The molecule has 0 N–H and O–H groups in total. The predicted molar refractivity (Wildman–Crippen MR) is 94.7 cm³/mol. The first-order valence-corrected chi connectivity index (χ1v) is 8.91. The van der Waals surface area contributed by atoms with Crippen molar-refractivity contribution < 1.29 is 4.79 Å². The number of likely N-dealkylation sites (N-methyl/N-ethyl adjacent to an activating group) is 1. The second-order valence-electron chi connectivity index (χ2n) is 7.15. The number of rotatable bonds is 3. The average Bonchev–Trinajstić information content (AvgIpc) is 2.91. The van der Waals surface area contributed by atoms with Gasteiger partial charge in [-0.2, -0.15) is 10.2 Å². The lowest BCUT2D eigenvalue weighted by molar-refractivity contribution is 0.0694. The molecule has 0 radical (unpaired) electrons. The van der Waals surface area contributed by atoms with E-state index >= 15 is 0 Å². The van der Waals surface area contributed by atoms with Gasteiger partial charge in [-0.05, 0) is 50.3 Å². The van der Waals surface area contributed by atoms with Crippen LogP contribution in [0.3, 0.4) is 0 Å². The molecule has 2 aromatic rings. The van der Waals surface area contributed by atoms with Crippen LogP contribution in [0.25, 0.3) is 0 Å². The highest BCUT2D eigenvalue weighted by Gasteiger charge is 2.35. The van der Waals surface area contributed by atoms with Crippen molar-refractivity contribution in [3.8, 4) is 0 Å². The summed E-state index contributed by atoms with van der Waals surface area (Å²) in [5, 5.41) is 13.1. The number of anilines is 1. The van der Waals surface area contributed by atoms with Gasteiger partial charge in [0.1, 0.15) is 5.69 Å². The minimum atomic E-state index is 0.0178. The van der Waals surface area contributed by atoms with Crippen LogP contribution in [0.4, 0.5) is 5.82 Å². The SMILES string of the molecule is Cc1cc(C(=O)N(C)C2CN(c3cc4c(nn3)CCCC4)C2)n(C)n1. The molecular formula is C18H24N6O. The molecule has 1 aliphatic heterocycles. The number of carbonyl (C=O) groups excluding carboxylic acids is 1. The minimum absolute atomic E-state index is 0.0178. The third-order valence-corrected chi connectivity index (χ3v) is 5.33. The number of aromatic nitrogens is 4. The Morgan fingerprint density at radius 2 is 1.96 bits per heavy atom. The Labute approximate surface area is 147 Å². The van der Waals surface area contributed by atoms with Gasteiger partial charge in [0.15, 0.2) is 5.82 Å². The maximum atomic E-state index is 12.7. The Bertz CT molecular complexity index is 808. The zero-order valence-electron chi connectivity index (χ0n) is 15.1. The maximum absolute atomic E-state index is 12.7. The molecule has 3 heterocycles. The molecule has 0 saturated carbocycles. The standard InChI is InChI=1S/C18H24N6O/c1-12-8-16(23(3)21-12)18(25)22(2)14-10-24(11-14)17-9-13-6-4-5-7-15(13)19-20-17/h8-9,14H,4-7,10-11H2,1-3H3. The molecule has 2 aromatic heterocycles. The number of fused-ring (bicyclic) bond motifs is 1. The summed E-state index contributed by atoms with van der Waals surface area (Å²) in [5.41, 5.74) is 3.99. The molecule has 1 amide bonds. The number of carbonyl (C=O) groups is 1. The highest BCUT2D eigenvalue weighted by Crippen LogP contribution is 2.26. The van der Waals surface area contributed by atoms with Crippen LogP contribution >= 0.6 is 0 Å². The van der Waals surface area contributed by atoms with E-state index < -0.39 is 0 Å². The van der Waals surface area contributed by atoms with Gasteiger partial charge in [0.25, 0.3) is 5.91 Å². The van der Waals surface area contributed by atoms with E-state index in [2.05, 4.69) is 26.3 Å². The first-order chi connectivity index (χ1) is 12.0. The summed E-state index contributed by atoms with van der Waals surface area (Å²) >= 11 is 0. The van der Waals surface area contributed by atoms with Gasteiger partial charge in [-0.15, -0.1) is 5.10 Å². The molecule has 0 spiro atoms. The summed E-state index contributed by atoms with van der Waals surface area (Å²) in [5.74, 6) is 0.957. The second-order valence-corrected chi connectivity index (χ2v) is 7.15. The number of nitrogens with zero attached hydrogens (tertiary/aromatic N) is 6. The smallest absolute Gasteiger partial charge is 0.272 e. The van der Waals surface area contributed by atoms with Gasteiger partial charge in [-0.1, -0.05) is 0 Å². The Morgan fingerprint density at radius 3 is 2.68 bits per heavy atom. The summed E-state index contributed by atoms with van der Waals surface area (Å²) in [7, 11) is 3.68. The van der Waals surface area contributed by atoms with Gasteiger partial charge in [0.05, 0.1) is 17.4 Å². The Morgan fingerprint density at radius 1 is 1.20 bits per heavy atom. The van der Waals surface area contributed by atoms with Crippen LogP contribution in [0.2, 0.25) is 0 Å². The van der Waals surface area contributed by atoms with Crippen molar-refractivity contribution in [1.29, 1.82) is 0 Å². The van der Waals surface area contributed by atoms with Gasteiger partial charge in [0, 0.05) is 27.2 Å². The highest BCUT2D eigenvalue weighted by molar-refractivity contribution is 5.93. The lowest BCUT2D eigenvalue weighted by Crippen LogP contribution is -2.60. The maximum Gasteiger partial charge on any atom is 0.272 e. The van der Waals surface area contributed by atoms with Crippen molar-refractivity contribution in [1.82, 2.24) is 24.9 Å². The third-order valence-electron chi connectivity index (χ3n) is 5.33. The minimum Gasteiger partial charge on any atom is -0.351 e. The summed E-state index contributed by atoms with van der Waals surface area (Å²) in [6.45, 7) is 3.50. The summed E-state index contributed by atoms with van der Waals surface area (Å²) in [6, 6.07) is 4.22. The molecule has 1 saturated heterocycles. The number of aryl methyl sites for hydroxylation is 4. The zero-order valence-corrected chi connectivity index (χ0v) is 15.1. The van der Waals surface area contributed by atoms with Crippen LogP contribution in [0.15, 0.2) is 12.1 Å². The molecule has 0 aromatic carbocycles.